The molecular weight excluding hydrogens is 438 g/mol. The maximum atomic E-state index is 13.5. The van der Waals surface area contributed by atoms with Crippen LogP contribution in [0.25, 0.3) is 21.1 Å². The Hall–Kier alpha value is -3.55. The van der Waals surface area contributed by atoms with Crippen LogP contribution in [0, 0.1) is 11.8 Å². The van der Waals surface area contributed by atoms with E-state index >= 15 is 0 Å². The Labute approximate surface area is 193 Å². The molecule has 1 aliphatic rings. The molecule has 3 aromatic heterocycles. The highest BCUT2D eigenvalue weighted by Crippen LogP contribution is 2.23. The second-order valence-electron chi connectivity index (χ2n) is 8.02. The van der Waals surface area contributed by atoms with E-state index in [9.17, 15) is 9.59 Å². The molecule has 0 spiro atoms. The van der Waals surface area contributed by atoms with Gasteiger partial charge in [0.05, 0.1) is 24.7 Å². The van der Waals surface area contributed by atoms with Gasteiger partial charge in [0.15, 0.2) is 0 Å². The summed E-state index contributed by atoms with van der Waals surface area (Å²) in [6, 6.07) is 7.38. The first-order valence-electron chi connectivity index (χ1n) is 10.8. The zero-order valence-corrected chi connectivity index (χ0v) is 19.0. The van der Waals surface area contributed by atoms with Crippen LogP contribution in [0.1, 0.15) is 24.8 Å². The molecule has 9 nitrogen and oxygen atoms in total. The first-order chi connectivity index (χ1) is 16.0. The van der Waals surface area contributed by atoms with Gasteiger partial charge in [-0.1, -0.05) is 18.1 Å². The lowest BCUT2D eigenvalue weighted by Crippen LogP contribution is -2.44. The van der Waals surface area contributed by atoms with Crippen molar-refractivity contribution < 1.29 is 0 Å². The van der Waals surface area contributed by atoms with Gasteiger partial charge in [-0.2, -0.15) is 5.10 Å². The molecule has 5 rings (SSSR count). The van der Waals surface area contributed by atoms with Crippen LogP contribution in [0.5, 0.6) is 0 Å². The Morgan fingerprint density at radius 3 is 2.91 bits per heavy atom. The summed E-state index contributed by atoms with van der Waals surface area (Å²) in [5, 5.41) is 5.41. The minimum Gasteiger partial charge on any atom is -0.341 e. The number of aromatic nitrogens is 5. The number of nitrogens with zero attached hydrogens (tertiary/aromatic N) is 6. The molecule has 1 unspecified atom stereocenters. The summed E-state index contributed by atoms with van der Waals surface area (Å²) in [7, 11) is 0. The number of imidazole rings is 1. The van der Waals surface area contributed by atoms with Crippen LogP contribution in [0.15, 0.2) is 40.1 Å². The molecule has 0 bridgehead atoms. The highest BCUT2D eigenvalue weighted by molar-refractivity contribution is 7.18. The first kappa shape index (κ1) is 21.3. The van der Waals surface area contributed by atoms with Gasteiger partial charge in [-0.25, -0.2) is 14.6 Å². The van der Waals surface area contributed by atoms with Gasteiger partial charge in [0.25, 0.3) is 11.1 Å². The fourth-order valence-corrected chi connectivity index (χ4v) is 5.16. The molecule has 1 aliphatic heterocycles. The maximum absolute atomic E-state index is 13.5. The van der Waals surface area contributed by atoms with E-state index in [0.717, 1.165) is 24.1 Å². The second kappa shape index (κ2) is 8.77. The van der Waals surface area contributed by atoms with Crippen LogP contribution in [-0.4, -0.2) is 43.4 Å². The van der Waals surface area contributed by atoms with Gasteiger partial charge in [0.2, 0.25) is 5.95 Å². The van der Waals surface area contributed by atoms with E-state index in [1.54, 1.807) is 19.2 Å². The molecule has 1 fully saturated rings. The van der Waals surface area contributed by atoms with Crippen molar-refractivity contribution in [2.24, 2.45) is 5.73 Å². The predicted molar refractivity (Wildman–Crippen MR) is 130 cm³/mol. The van der Waals surface area contributed by atoms with Crippen molar-refractivity contribution in [3.63, 3.8) is 0 Å². The van der Waals surface area contributed by atoms with Crippen LogP contribution < -0.4 is 21.8 Å². The van der Waals surface area contributed by atoms with Gasteiger partial charge < -0.3 is 10.6 Å². The highest BCUT2D eigenvalue weighted by Gasteiger charge is 2.24. The van der Waals surface area contributed by atoms with Crippen LogP contribution in [-0.2, 0) is 13.1 Å². The van der Waals surface area contributed by atoms with Crippen molar-refractivity contribution in [3.05, 3.63) is 56.2 Å². The van der Waals surface area contributed by atoms with E-state index in [4.69, 9.17) is 10.7 Å². The number of hydrogen-bond donors (Lipinski definition) is 1. The summed E-state index contributed by atoms with van der Waals surface area (Å²) in [5.74, 6) is 6.64. The molecule has 2 N–H and O–H groups in total. The van der Waals surface area contributed by atoms with Crippen molar-refractivity contribution in [2.45, 2.75) is 38.9 Å². The Bertz CT molecular complexity index is 1530. The highest BCUT2D eigenvalue weighted by atomic mass is 32.1. The van der Waals surface area contributed by atoms with Crippen LogP contribution in [0.2, 0.25) is 0 Å². The molecule has 4 heterocycles. The zero-order valence-electron chi connectivity index (χ0n) is 18.2. The maximum Gasteiger partial charge on any atom is 0.293 e. The molecule has 1 aromatic carbocycles. The summed E-state index contributed by atoms with van der Waals surface area (Å²) in [5.41, 5.74) is 6.54. The number of rotatable bonds is 4. The third kappa shape index (κ3) is 4.01. The Kier molecular flexibility index (Phi) is 5.66. The minimum atomic E-state index is -0.305. The summed E-state index contributed by atoms with van der Waals surface area (Å²) in [6.45, 7) is 3.72. The van der Waals surface area contributed by atoms with E-state index in [1.165, 1.54) is 16.0 Å². The molecule has 33 heavy (non-hydrogen) atoms. The first-order valence-corrected chi connectivity index (χ1v) is 11.6. The van der Waals surface area contributed by atoms with Gasteiger partial charge in [-0.3, -0.25) is 14.2 Å². The fraction of sp³-hybridized carbons (Fsp3) is 0.348. The molecule has 0 saturated carbocycles. The van der Waals surface area contributed by atoms with Crippen molar-refractivity contribution in [1.29, 1.82) is 0 Å². The Balaban J connectivity index is 1.60. The smallest absolute Gasteiger partial charge is 0.293 e. The van der Waals surface area contributed by atoms with Gasteiger partial charge in [0, 0.05) is 23.8 Å². The van der Waals surface area contributed by atoms with E-state index in [0.29, 0.717) is 40.5 Å². The minimum absolute atomic E-state index is 0.0702. The average molecular weight is 462 g/mol. The summed E-state index contributed by atoms with van der Waals surface area (Å²) < 4.78 is 4.01. The topological polar surface area (TPSA) is 112 Å². The molecule has 1 atom stereocenters. The van der Waals surface area contributed by atoms with Crippen LogP contribution in [0.3, 0.4) is 0 Å². The number of fused-ring (bicyclic) bond motifs is 2. The lowest BCUT2D eigenvalue weighted by atomic mass is 10.1. The van der Waals surface area contributed by atoms with Crippen molar-refractivity contribution >= 4 is 38.4 Å². The number of anilines is 1. The molecule has 168 valence electrons. The van der Waals surface area contributed by atoms with Crippen LogP contribution >= 0.6 is 11.3 Å². The summed E-state index contributed by atoms with van der Waals surface area (Å²) in [6.07, 6.45) is 3.53. The third-order valence-electron chi connectivity index (χ3n) is 5.74. The van der Waals surface area contributed by atoms with E-state index in [-0.39, 0.29) is 23.7 Å². The molecule has 0 radical (unpaired) electrons. The molecule has 4 aromatic rings. The predicted octanol–water partition coefficient (Wildman–Crippen LogP) is 1.56. The van der Waals surface area contributed by atoms with E-state index in [2.05, 4.69) is 26.8 Å². The molecule has 0 aliphatic carbocycles. The summed E-state index contributed by atoms with van der Waals surface area (Å²) in [4.78, 5) is 36.9. The van der Waals surface area contributed by atoms with Crippen LogP contribution in [0.4, 0.5) is 5.95 Å². The normalized spacial score (nSPS) is 16.2. The van der Waals surface area contributed by atoms with Crippen molar-refractivity contribution in [1.82, 2.24) is 24.3 Å². The average Bonchev–Trinajstić information content (AvgIpc) is 3.19. The van der Waals surface area contributed by atoms with E-state index < -0.39 is 0 Å². The molecule has 10 heteroatoms. The summed E-state index contributed by atoms with van der Waals surface area (Å²) >= 11 is 1.38. The van der Waals surface area contributed by atoms with E-state index in [1.807, 2.05) is 22.8 Å². The standard InChI is InChI=1S/C23H23N7O2S/c1-2-3-11-29-20-17(26-23(29)28-10-6-7-15(24)13-28)12-25-30(22(20)32)14-19-27-21(31)16-8-4-5-9-18(16)33-19/h4-5,8-9,12,15H,6-7,10-11,13-14,24H2,1H3. The number of benzene rings is 1. The largest absolute Gasteiger partial charge is 0.341 e. The number of piperidine rings is 1. The monoisotopic (exact) mass is 461 g/mol. The molecule has 1 saturated heterocycles. The SMILES string of the molecule is CC#CCn1c(N2CCCC(N)C2)nc2cnn(Cc3nc(=O)c4ccccc4s3)c(=O)c21. The Morgan fingerprint density at radius 2 is 2.09 bits per heavy atom. The van der Waals surface area contributed by atoms with Gasteiger partial charge in [-0.05, 0) is 31.9 Å². The zero-order chi connectivity index (χ0) is 22.9. The van der Waals surface area contributed by atoms with Crippen molar-refractivity contribution in [3.8, 4) is 11.8 Å². The second-order valence-corrected chi connectivity index (χ2v) is 9.14. The Morgan fingerprint density at radius 1 is 1.24 bits per heavy atom. The fourth-order valence-electron chi connectivity index (χ4n) is 4.18. The van der Waals surface area contributed by atoms with Gasteiger partial charge in [0.1, 0.15) is 16.0 Å². The third-order valence-corrected chi connectivity index (χ3v) is 6.77. The number of hydrogen-bond acceptors (Lipinski definition) is 8. The quantitative estimate of drug-likeness (QED) is 0.459. The molecular formula is C23H23N7O2S. The molecule has 0 amide bonds. The van der Waals surface area contributed by atoms with Gasteiger partial charge in [-0.15, -0.1) is 17.3 Å². The van der Waals surface area contributed by atoms with Crippen molar-refractivity contribution in [2.75, 3.05) is 18.0 Å². The van der Waals surface area contributed by atoms with Gasteiger partial charge >= 0.3 is 0 Å². The lowest BCUT2D eigenvalue weighted by Gasteiger charge is -2.31. The lowest BCUT2D eigenvalue weighted by molar-refractivity contribution is 0.496. The number of nitrogens with two attached hydrogens (primary N) is 1.